The maximum atomic E-state index is 14.3. The number of hydrogen-bond donors (Lipinski definition) is 11. The van der Waals surface area contributed by atoms with E-state index in [4.69, 9.17) is 42.2 Å². The van der Waals surface area contributed by atoms with Gasteiger partial charge in [0.2, 0.25) is 0 Å². The molecule has 2 heterocycles. The number of rotatable bonds is 57. The third-order valence-electron chi connectivity index (χ3n) is 18.4. The average Bonchev–Trinajstić information content (AvgIpc) is 0.765. The van der Waals surface area contributed by atoms with E-state index in [1.54, 1.807) is 0 Å². The van der Waals surface area contributed by atoms with Gasteiger partial charge in [0.05, 0.1) is 13.2 Å². The van der Waals surface area contributed by atoms with Crippen molar-refractivity contribution in [3.05, 3.63) is 0 Å². The van der Waals surface area contributed by atoms with Crippen molar-refractivity contribution in [3.8, 4) is 0 Å². The lowest BCUT2D eigenvalue weighted by Crippen LogP contribution is -2.69. The molecule has 3 rings (SSSR count). The molecular weight excluding hydrogens is 1240 g/mol. The van der Waals surface area contributed by atoms with E-state index >= 15 is 0 Å². The second-order valence-corrected chi connectivity index (χ2v) is 28.1. The van der Waals surface area contributed by atoms with Crippen LogP contribution in [0.1, 0.15) is 290 Å². The maximum Gasteiger partial charge on any atom is 0.472 e. The van der Waals surface area contributed by atoms with Gasteiger partial charge in [0.25, 0.3) is 0 Å². The van der Waals surface area contributed by atoms with Gasteiger partial charge in [0.15, 0.2) is 18.7 Å². The van der Waals surface area contributed by atoms with Crippen molar-refractivity contribution >= 4 is 25.7 Å². The Hall–Kier alpha value is -2.04. The standard InChI is InChI=1S/C69H129O24P/c1-4-7-10-13-16-19-22-24-25-26-27-30-32-34-37-40-43-53(71)85-47-50(88-55(73)45-42-39-36-33-29-23-20-17-14-11-8-5-2)48-87-94(83,84)93-67-65(91-68-63(81)58(76)56(74)51(46-70)89-68)61(79)60(78)62(80)66(67)92-69-64(82)59(77)57(75)52(90-69)49-86-54(72)44-41-38-35-31-28-21-18-15-12-9-6-3/h50-52,56-70,74-82H,4-49H2,1-3H3,(H,83,84). The number of phosphoric acid groups is 1. The van der Waals surface area contributed by atoms with E-state index < -0.39 is 156 Å². The number of hydrogen-bond acceptors (Lipinski definition) is 23. The molecule has 1 saturated carbocycles. The van der Waals surface area contributed by atoms with E-state index in [1.165, 1.54) is 141 Å². The van der Waals surface area contributed by atoms with Crippen LogP contribution < -0.4 is 0 Å². The first kappa shape index (κ1) is 86.2. The van der Waals surface area contributed by atoms with Crippen LogP contribution in [0.4, 0.5) is 0 Å². The quantitative estimate of drug-likeness (QED) is 0.0117. The zero-order valence-electron chi connectivity index (χ0n) is 57.5. The highest BCUT2D eigenvalue weighted by Gasteiger charge is 2.58. The first-order valence-electron chi connectivity index (χ1n) is 36.8. The van der Waals surface area contributed by atoms with Crippen LogP contribution in [0.5, 0.6) is 0 Å². The molecule has 0 amide bonds. The summed E-state index contributed by atoms with van der Waals surface area (Å²) in [6.07, 6.45) is 7.64. The number of carbonyl (C=O) groups is 3. The predicted molar refractivity (Wildman–Crippen MR) is 352 cm³/mol. The molecule has 25 heteroatoms. The summed E-state index contributed by atoms with van der Waals surface area (Å²) in [7, 11) is -5.69. The molecule has 0 aromatic rings. The summed E-state index contributed by atoms with van der Waals surface area (Å²) in [4.78, 5) is 50.9. The first-order chi connectivity index (χ1) is 45.3. The predicted octanol–water partition coefficient (Wildman–Crippen LogP) is 9.40. The van der Waals surface area contributed by atoms with Crippen molar-refractivity contribution in [1.82, 2.24) is 0 Å². The average molecular weight is 1370 g/mol. The van der Waals surface area contributed by atoms with Gasteiger partial charge in [-0.1, -0.05) is 252 Å². The minimum absolute atomic E-state index is 0.0327. The molecular formula is C69H129O24P. The molecule has 18 atom stereocenters. The zero-order chi connectivity index (χ0) is 68.9. The SMILES string of the molecule is CCCCCCCCCCCCCCCCCCC(=O)OCC(COP(=O)(O)OC1C(OC2OC(CO)C(O)C(O)C2O)C(O)C(O)C(O)C1OC1OC(COC(=O)CCCCCCCCCCCCC)C(O)C(O)C1O)OC(=O)CCCCCCCCCCCCCC. The van der Waals surface area contributed by atoms with Crippen LogP contribution in [0.15, 0.2) is 0 Å². The molecule has 11 N–H and O–H groups in total. The van der Waals surface area contributed by atoms with Gasteiger partial charge in [0, 0.05) is 19.3 Å². The smallest absolute Gasteiger partial charge is 0.463 e. The Morgan fingerprint density at radius 1 is 0.372 bits per heavy atom. The number of aliphatic hydroxyl groups excluding tert-OH is 10. The summed E-state index contributed by atoms with van der Waals surface area (Å²) in [5, 5.41) is 110. The molecule has 3 aliphatic rings. The third kappa shape index (κ3) is 35.3. The van der Waals surface area contributed by atoms with Gasteiger partial charge in [-0.25, -0.2) is 4.57 Å². The molecule has 0 radical (unpaired) electrons. The second kappa shape index (κ2) is 52.0. The highest BCUT2D eigenvalue weighted by Crippen LogP contribution is 2.49. The van der Waals surface area contributed by atoms with Crippen LogP contribution in [0.25, 0.3) is 0 Å². The molecule has 0 spiro atoms. The number of phosphoric ester groups is 1. The fourth-order valence-electron chi connectivity index (χ4n) is 12.3. The molecule has 94 heavy (non-hydrogen) atoms. The molecule has 18 unspecified atom stereocenters. The van der Waals surface area contributed by atoms with Crippen LogP contribution in [-0.2, 0) is 61.2 Å². The highest BCUT2D eigenvalue weighted by atomic mass is 31.2. The maximum absolute atomic E-state index is 14.3. The summed E-state index contributed by atoms with van der Waals surface area (Å²) < 4.78 is 64.9. The van der Waals surface area contributed by atoms with Crippen LogP contribution in [0.3, 0.4) is 0 Å². The Bertz CT molecular complexity index is 1960. The van der Waals surface area contributed by atoms with Crippen molar-refractivity contribution in [2.75, 3.05) is 26.4 Å². The van der Waals surface area contributed by atoms with Gasteiger partial charge in [0.1, 0.15) is 98.7 Å². The Morgan fingerprint density at radius 3 is 1.04 bits per heavy atom. The van der Waals surface area contributed by atoms with Gasteiger partial charge < -0.3 is 89.1 Å². The monoisotopic (exact) mass is 1370 g/mol. The third-order valence-corrected chi connectivity index (χ3v) is 19.4. The lowest BCUT2D eigenvalue weighted by molar-refractivity contribution is -0.360. The molecule has 24 nitrogen and oxygen atoms in total. The van der Waals surface area contributed by atoms with Gasteiger partial charge in [-0.05, 0) is 19.3 Å². The fraction of sp³-hybridized carbons (Fsp3) is 0.957. The highest BCUT2D eigenvalue weighted by molar-refractivity contribution is 7.47. The fourth-order valence-corrected chi connectivity index (χ4v) is 13.3. The van der Waals surface area contributed by atoms with Gasteiger partial charge in [-0.15, -0.1) is 0 Å². The van der Waals surface area contributed by atoms with Crippen molar-refractivity contribution < 1.29 is 117 Å². The molecule has 3 fully saturated rings. The summed E-state index contributed by atoms with van der Waals surface area (Å²) >= 11 is 0. The molecule has 1 aliphatic carbocycles. The Balaban J connectivity index is 1.74. The van der Waals surface area contributed by atoms with E-state index in [9.17, 15) is 74.9 Å². The van der Waals surface area contributed by atoms with Gasteiger partial charge in [-0.3, -0.25) is 23.4 Å². The summed E-state index contributed by atoms with van der Waals surface area (Å²) in [5.41, 5.74) is 0. The van der Waals surface area contributed by atoms with E-state index in [1.807, 2.05) is 0 Å². The zero-order valence-corrected chi connectivity index (χ0v) is 58.4. The summed E-state index contributed by atoms with van der Waals surface area (Å²) in [6, 6.07) is 0. The van der Waals surface area contributed by atoms with E-state index in [0.717, 1.165) is 89.9 Å². The number of ether oxygens (including phenoxy) is 7. The second-order valence-electron chi connectivity index (χ2n) is 26.7. The van der Waals surface area contributed by atoms with Crippen LogP contribution in [0, 0.1) is 0 Å². The van der Waals surface area contributed by atoms with Crippen LogP contribution >= 0.6 is 7.82 Å². The number of unbranched alkanes of at least 4 members (excludes halogenated alkanes) is 36. The molecule has 2 aliphatic heterocycles. The van der Waals surface area contributed by atoms with Crippen molar-refractivity contribution in [2.45, 2.75) is 395 Å². The summed E-state index contributed by atoms with van der Waals surface area (Å²) in [6.45, 7) is 3.43. The molecule has 2 saturated heterocycles. The largest absolute Gasteiger partial charge is 0.472 e. The minimum Gasteiger partial charge on any atom is -0.463 e. The van der Waals surface area contributed by atoms with Crippen LogP contribution in [0.2, 0.25) is 0 Å². The van der Waals surface area contributed by atoms with Crippen molar-refractivity contribution in [2.24, 2.45) is 0 Å². The molecule has 0 aromatic heterocycles. The van der Waals surface area contributed by atoms with Crippen LogP contribution in [-0.4, -0.2) is 204 Å². The normalized spacial score (nSPS) is 28.2. The number of aliphatic hydroxyl groups is 10. The molecule has 0 bridgehead atoms. The lowest BCUT2D eigenvalue weighted by Gasteiger charge is -2.49. The van der Waals surface area contributed by atoms with E-state index in [-0.39, 0.29) is 19.3 Å². The lowest BCUT2D eigenvalue weighted by atomic mass is 9.84. The Morgan fingerprint density at radius 2 is 0.681 bits per heavy atom. The minimum atomic E-state index is -5.69. The van der Waals surface area contributed by atoms with Gasteiger partial charge in [-0.2, -0.15) is 0 Å². The summed E-state index contributed by atoms with van der Waals surface area (Å²) in [5.74, 6) is -1.98. The van der Waals surface area contributed by atoms with Crippen molar-refractivity contribution in [1.29, 1.82) is 0 Å². The van der Waals surface area contributed by atoms with Crippen molar-refractivity contribution in [3.63, 3.8) is 0 Å². The van der Waals surface area contributed by atoms with E-state index in [2.05, 4.69) is 20.8 Å². The van der Waals surface area contributed by atoms with Gasteiger partial charge >= 0.3 is 25.7 Å². The Kier molecular flexibility index (Phi) is 47.7. The molecule has 0 aromatic carbocycles. The topological polar surface area (TPSA) is 374 Å². The first-order valence-corrected chi connectivity index (χ1v) is 38.3. The Labute approximate surface area is 561 Å². The number of carbonyl (C=O) groups excluding carboxylic acids is 3. The molecule has 554 valence electrons. The number of esters is 3. The van der Waals surface area contributed by atoms with E-state index in [0.29, 0.717) is 19.3 Å².